The van der Waals surface area contributed by atoms with Gasteiger partial charge in [0.15, 0.2) is 5.60 Å². The van der Waals surface area contributed by atoms with E-state index in [2.05, 4.69) is 0 Å². The van der Waals surface area contributed by atoms with Crippen LogP contribution in [-0.2, 0) is 15.6 Å². The van der Waals surface area contributed by atoms with E-state index in [9.17, 15) is 35.5 Å². The van der Waals surface area contributed by atoms with E-state index in [1.165, 1.54) is 22.9 Å². The summed E-state index contributed by atoms with van der Waals surface area (Å²) in [6.07, 6.45) is -5.21. The maximum Gasteiger partial charge on any atom is 0.422 e. The molecule has 10 heteroatoms. The minimum atomic E-state index is -5.21. The number of hydrogen-bond acceptors (Lipinski definition) is 3. The van der Waals surface area contributed by atoms with E-state index in [1.807, 2.05) is 0 Å². The first kappa shape index (κ1) is 19.3. The summed E-state index contributed by atoms with van der Waals surface area (Å²) in [7, 11) is -4.76. The molecule has 25 heavy (non-hydrogen) atoms. The molecule has 0 saturated carbocycles. The zero-order chi connectivity index (χ0) is 18.9. The van der Waals surface area contributed by atoms with E-state index in [1.54, 1.807) is 0 Å². The highest BCUT2D eigenvalue weighted by atomic mass is 32.2. The number of alkyl halides is 3. The summed E-state index contributed by atoms with van der Waals surface area (Å²) >= 11 is 0. The van der Waals surface area contributed by atoms with E-state index < -0.39 is 50.4 Å². The van der Waals surface area contributed by atoms with E-state index in [0.29, 0.717) is 12.1 Å². The average Bonchev–Trinajstić information content (AvgIpc) is 2.52. The van der Waals surface area contributed by atoms with Crippen LogP contribution in [0.1, 0.15) is 5.56 Å². The van der Waals surface area contributed by atoms with E-state index in [-0.39, 0.29) is 6.07 Å². The van der Waals surface area contributed by atoms with Crippen LogP contribution in [-0.4, -0.2) is 26.2 Å². The molecule has 0 aliphatic rings. The van der Waals surface area contributed by atoms with Gasteiger partial charge >= 0.3 is 6.18 Å². The van der Waals surface area contributed by atoms with Crippen LogP contribution in [0.15, 0.2) is 53.4 Å². The Morgan fingerprint density at radius 2 is 1.60 bits per heavy atom. The lowest BCUT2D eigenvalue weighted by Gasteiger charge is -2.31. The summed E-state index contributed by atoms with van der Waals surface area (Å²) in [6, 6.07) is 7.33. The van der Waals surface area contributed by atoms with Crippen LogP contribution in [0.2, 0.25) is 0 Å². The van der Waals surface area contributed by atoms with Crippen molar-refractivity contribution < 1.29 is 35.5 Å². The number of sulfonamides is 1. The molecule has 0 aromatic heterocycles. The summed E-state index contributed by atoms with van der Waals surface area (Å²) in [5, 5.41) is 10.0. The molecule has 0 heterocycles. The SMILES string of the molecule is O=S(=O)(NCC(O)(c1ccccc1)C(F)(F)F)c1ccc(F)cc1F. The van der Waals surface area contributed by atoms with Crippen LogP contribution in [0.25, 0.3) is 0 Å². The monoisotopic (exact) mass is 381 g/mol. The van der Waals surface area contributed by atoms with Gasteiger partial charge in [0.1, 0.15) is 16.5 Å². The van der Waals surface area contributed by atoms with E-state index in [4.69, 9.17) is 0 Å². The molecule has 2 aromatic carbocycles. The second-order valence-corrected chi connectivity index (χ2v) is 6.86. The first-order valence-corrected chi connectivity index (χ1v) is 8.25. The van der Waals surface area contributed by atoms with Gasteiger partial charge in [-0.05, 0) is 17.7 Å². The molecule has 1 atom stereocenters. The average molecular weight is 381 g/mol. The summed E-state index contributed by atoms with van der Waals surface area (Å²) in [4.78, 5) is -1.04. The number of nitrogens with one attached hydrogen (secondary N) is 1. The molecule has 4 nitrogen and oxygen atoms in total. The van der Waals surface area contributed by atoms with Gasteiger partial charge in [0.2, 0.25) is 10.0 Å². The fourth-order valence-electron chi connectivity index (χ4n) is 2.05. The largest absolute Gasteiger partial charge is 0.422 e. The Kier molecular flexibility index (Phi) is 5.17. The van der Waals surface area contributed by atoms with Crippen molar-refractivity contribution in [3.8, 4) is 0 Å². The molecule has 0 radical (unpaired) electrons. The minimum Gasteiger partial charge on any atom is -0.375 e. The molecule has 0 fully saturated rings. The van der Waals surface area contributed by atoms with Gasteiger partial charge in [-0.3, -0.25) is 0 Å². The van der Waals surface area contributed by atoms with Gasteiger partial charge in [-0.15, -0.1) is 0 Å². The fraction of sp³-hybridized carbons (Fsp3) is 0.200. The number of rotatable bonds is 5. The van der Waals surface area contributed by atoms with Crippen LogP contribution in [0.4, 0.5) is 22.0 Å². The Morgan fingerprint density at radius 3 is 2.12 bits per heavy atom. The number of aliphatic hydroxyl groups is 1. The molecule has 136 valence electrons. The maximum absolute atomic E-state index is 13.6. The van der Waals surface area contributed by atoms with Gasteiger partial charge < -0.3 is 5.11 Å². The highest BCUT2D eigenvalue weighted by molar-refractivity contribution is 7.89. The number of hydrogen-bond donors (Lipinski definition) is 2. The Hall–Kier alpha value is -2.04. The van der Waals surface area contributed by atoms with Crippen LogP contribution >= 0.6 is 0 Å². The Bertz CT molecular complexity index is 855. The first-order valence-electron chi connectivity index (χ1n) is 6.77. The van der Waals surface area contributed by atoms with Crippen molar-refractivity contribution in [1.82, 2.24) is 4.72 Å². The second kappa shape index (κ2) is 6.70. The van der Waals surface area contributed by atoms with Crippen molar-refractivity contribution in [3.05, 3.63) is 65.7 Å². The second-order valence-electron chi connectivity index (χ2n) is 5.12. The molecule has 1 unspecified atom stereocenters. The molecule has 2 aromatic rings. The van der Waals surface area contributed by atoms with Gasteiger partial charge in [0.25, 0.3) is 0 Å². The van der Waals surface area contributed by atoms with Crippen molar-refractivity contribution >= 4 is 10.0 Å². The molecule has 0 bridgehead atoms. The Morgan fingerprint density at radius 1 is 1.00 bits per heavy atom. The van der Waals surface area contributed by atoms with Crippen molar-refractivity contribution in [2.45, 2.75) is 16.7 Å². The van der Waals surface area contributed by atoms with Crippen molar-refractivity contribution in [2.75, 3.05) is 6.54 Å². The van der Waals surface area contributed by atoms with Crippen LogP contribution in [0.3, 0.4) is 0 Å². The molecule has 0 spiro atoms. The predicted octanol–water partition coefficient (Wildman–Crippen LogP) is 2.69. The van der Waals surface area contributed by atoms with Crippen molar-refractivity contribution in [3.63, 3.8) is 0 Å². The minimum absolute atomic E-state index is 0.279. The van der Waals surface area contributed by atoms with E-state index >= 15 is 0 Å². The normalized spacial score (nSPS) is 15.0. The highest BCUT2D eigenvalue weighted by Crippen LogP contribution is 2.38. The molecule has 0 aliphatic carbocycles. The standard InChI is InChI=1S/C15H12F5NO3S/c16-11-6-7-13(12(17)8-11)25(23,24)21-9-14(22,15(18,19)20)10-4-2-1-3-5-10/h1-8,21-22H,9H2. The number of benzene rings is 2. The maximum atomic E-state index is 13.6. The quantitative estimate of drug-likeness (QED) is 0.783. The molecule has 2 rings (SSSR count). The zero-order valence-electron chi connectivity index (χ0n) is 12.4. The van der Waals surface area contributed by atoms with Gasteiger partial charge in [-0.25, -0.2) is 21.9 Å². The molecular formula is C15H12F5NO3S. The van der Waals surface area contributed by atoms with Crippen molar-refractivity contribution in [1.29, 1.82) is 0 Å². The molecule has 0 saturated heterocycles. The summed E-state index contributed by atoms with van der Waals surface area (Å²) in [5.41, 5.74) is -4.12. The Labute approximate surface area is 140 Å². The summed E-state index contributed by atoms with van der Waals surface area (Å²) in [5.74, 6) is -2.52. The lowest BCUT2D eigenvalue weighted by Crippen LogP contribution is -2.51. The lowest BCUT2D eigenvalue weighted by molar-refractivity contribution is -0.263. The molecular weight excluding hydrogens is 369 g/mol. The van der Waals surface area contributed by atoms with Gasteiger partial charge in [-0.2, -0.15) is 13.2 Å². The molecule has 0 amide bonds. The van der Waals surface area contributed by atoms with Crippen LogP contribution in [0.5, 0.6) is 0 Å². The van der Waals surface area contributed by atoms with Gasteiger partial charge in [0.05, 0.1) is 6.54 Å². The smallest absolute Gasteiger partial charge is 0.375 e. The van der Waals surface area contributed by atoms with Crippen LogP contribution in [0, 0.1) is 11.6 Å². The lowest BCUT2D eigenvalue weighted by atomic mass is 9.93. The van der Waals surface area contributed by atoms with Gasteiger partial charge in [-0.1, -0.05) is 30.3 Å². The Balaban J connectivity index is 2.35. The van der Waals surface area contributed by atoms with E-state index in [0.717, 1.165) is 12.1 Å². The first-order chi connectivity index (χ1) is 11.5. The third-order valence-electron chi connectivity index (χ3n) is 3.42. The van der Waals surface area contributed by atoms with Crippen LogP contribution < -0.4 is 4.72 Å². The van der Waals surface area contributed by atoms with Crippen molar-refractivity contribution in [2.24, 2.45) is 0 Å². The summed E-state index contributed by atoms with van der Waals surface area (Å²) in [6.45, 7) is -1.49. The highest BCUT2D eigenvalue weighted by Gasteiger charge is 2.55. The third-order valence-corrected chi connectivity index (χ3v) is 4.86. The summed E-state index contributed by atoms with van der Waals surface area (Å²) < 4.78 is 91.9. The molecule has 0 aliphatic heterocycles. The topological polar surface area (TPSA) is 66.4 Å². The number of halogens is 5. The third kappa shape index (κ3) is 3.97. The zero-order valence-corrected chi connectivity index (χ0v) is 13.2. The predicted molar refractivity (Wildman–Crippen MR) is 77.9 cm³/mol. The van der Waals surface area contributed by atoms with Gasteiger partial charge in [0, 0.05) is 6.07 Å². The molecule has 2 N–H and O–H groups in total. The fourth-order valence-corrected chi connectivity index (χ4v) is 3.17.